The van der Waals surface area contributed by atoms with E-state index in [2.05, 4.69) is 35.4 Å². The third-order valence-corrected chi connectivity index (χ3v) is 3.26. The van der Waals surface area contributed by atoms with E-state index < -0.39 is 0 Å². The van der Waals surface area contributed by atoms with E-state index in [-0.39, 0.29) is 5.91 Å². The normalized spacial score (nSPS) is 10.9. The number of carbonyl (C=O) groups is 1. The summed E-state index contributed by atoms with van der Waals surface area (Å²) in [5.41, 5.74) is 0. The van der Waals surface area contributed by atoms with Crippen LogP contribution in [0.25, 0.3) is 0 Å². The fourth-order valence-corrected chi connectivity index (χ4v) is 1.87. The first kappa shape index (κ1) is 20.8. The molecule has 0 unspecified atom stereocenters. The number of carbonyl (C=O) groups excluding carboxylic acids is 1. The summed E-state index contributed by atoms with van der Waals surface area (Å²) in [6, 6.07) is 2.70. The highest BCUT2D eigenvalue weighted by Gasteiger charge is 2.13. The van der Waals surface area contributed by atoms with Crippen LogP contribution < -0.4 is 5.32 Å². The number of hydrogen-bond acceptors (Lipinski definition) is 4. The Kier molecular flexibility index (Phi) is 12.7. The lowest BCUT2D eigenvalue weighted by Crippen LogP contribution is -2.43. The van der Waals surface area contributed by atoms with Crippen LogP contribution in [0.1, 0.15) is 33.1 Å². The summed E-state index contributed by atoms with van der Waals surface area (Å²) in [5.74, 6) is 0.0327. The molecule has 0 aromatic rings. The fourth-order valence-electron chi connectivity index (χ4n) is 1.87. The maximum absolute atomic E-state index is 10.7. The number of nitrogens with zero attached hydrogens (tertiary/aromatic N) is 3. The molecule has 6 heteroatoms. The van der Waals surface area contributed by atoms with Crippen LogP contribution >= 0.6 is 0 Å². The van der Waals surface area contributed by atoms with Crippen LogP contribution in [0.4, 0.5) is 0 Å². The summed E-state index contributed by atoms with van der Waals surface area (Å²) in [6.07, 6.45) is 2.99. The first-order valence-corrected chi connectivity index (χ1v) is 8.20. The Bertz CT molecular complexity index is 350. The average molecular weight is 313 g/mol. The summed E-state index contributed by atoms with van der Waals surface area (Å²) in [7, 11) is 4.42. The molecule has 0 aliphatic heterocycles. The quantitative estimate of drug-likeness (QED) is 0.319. The number of nitrogens with one attached hydrogen (secondary N) is 1. The Labute approximate surface area is 135 Å². The molecule has 6 nitrogen and oxygen atoms in total. The number of unbranched alkanes of at least 4 members (excludes halogenated alkanes) is 1. The van der Waals surface area contributed by atoms with Crippen LogP contribution in [0.3, 0.4) is 0 Å². The Morgan fingerprint density at radius 1 is 1.14 bits per heavy atom. The molecule has 0 aliphatic carbocycles. The predicted octanol–water partition coefficient (Wildman–Crippen LogP) is 1.58. The van der Waals surface area contributed by atoms with Crippen molar-refractivity contribution in [1.82, 2.24) is 5.32 Å². The zero-order valence-electron chi connectivity index (χ0n) is 14.7. The Balaban J connectivity index is 3.51. The fraction of sp³-hybridized carbons (Fsp3) is 0.875. The van der Waals surface area contributed by atoms with Crippen LogP contribution in [-0.2, 0) is 9.53 Å². The van der Waals surface area contributed by atoms with Crippen LogP contribution in [0.2, 0.25) is 0 Å². The molecule has 0 atom stereocenters. The average Bonchev–Trinajstić information content (AvgIpc) is 2.45. The minimum Gasteiger partial charge on any atom is -0.376 e. The Morgan fingerprint density at radius 3 is 2.59 bits per heavy atom. The summed E-state index contributed by atoms with van der Waals surface area (Å²) in [5, 5.41) is 2.78. The summed E-state index contributed by atoms with van der Waals surface area (Å²) < 4.78 is 6.59. The SMILES string of the molecule is CCN=C=NCCC[N+](C)(C)CCOCCCCNC(C)=O. The van der Waals surface area contributed by atoms with Crippen molar-refractivity contribution < 1.29 is 14.0 Å². The zero-order chi connectivity index (χ0) is 16.7. The minimum atomic E-state index is 0.0327. The lowest BCUT2D eigenvalue weighted by Gasteiger charge is -2.29. The molecule has 0 heterocycles. The number of quaternary nitrogens is 1. The number of rotatable bonds is 13. The first-order valence-electron chi connectivity index (χ1n) is 8.20. The molecular weight excluding hydrogens is 280 g/mol. The molecule has 0 radical (unpaired) electrons. The van der Waals surface area contributed by atoms with E-state index in [0.29, 0.717) is 0 Å². The van der Waals surface area contributed by atoms with Gasteiger partial charge in [-0.25, -0.2) is 9.98 Å². The second kappa shape index (κ2) is 13.4. The molecular formula is C16H33N4O2+. The lowest BCUT2D eigenvalue weighted by atomic mass is 10.3. The Hall–Kier alpha value is -1.23. The van der Waals surface area contributed by atoms with E-state index in [1.54, 1.807) is 6.92 Å². The predicted molar refractivity (Wildman–Crippen MR) is 90.5 cm³/mol. The highest BCUT2D eigenvalue weighted by atomic mass is 16.5. The molecule has 0 aromatic heterocycles. The number of aliphatic imine (C=N–C) groups is 2. The van der Waals surface area contributed by atoms with Crippen LogP contribution in [-0.4, -0.2) is 76.4 Å². The smallest absolute Gasteiger partial charge is 0.216 e. The molecule has 0 bridgehead atoms. The van der Waals surface area contributed by atoms with Crippen molar-refractivity contribution >= 4 is 11.9 Å². The standard InChI is InChI=1S/C16H32N4O2/c1-5-17-15-18-9-8-11-20(3,4)12-14-22-13-7-6-10-19-16(2)21/h5-14H2,1-4H3/p+1. The molecule has 0 aromatic carbocycles. The number of ether oxygens (including phenoxy) is 1. The molecule has 0 saturated heterocycles. The van der Waals surface area contributed by atoms with Crippen molar-refractivity contribution in [3.05, 3.63) is 0 Å². The largest absolute Gasteiger partial charge is 0.376 e. The number of amides is 1. The van der Waals surface area contributed by atoms with Crippen molar-refractivity contribution in [3.8, 4) is 0 Å². The van der Waals surface area contributed by atoms with Gasteiger partial charge in [-0.15, -0.1) is 0 Å². The van der Waals surface area contributed by atoms with E-state index in [1.807, 2.05) is 6.92 Å². The van der Waals surface area contributed by atoms with Gasteiger partial charge in [0.1, 0.15) is 6.54 Å². The maximum atomic E-state index is 10.7. The van der Waals surface area contributed by atoms with Crippen LogP contribution in [0.5, 0.6) is 0 Å². The van der Waals surface area contributed by atoms with E-state index in [1.165, 1.54) is 0 Å². The molecule has 0 fully saturated rings. The molecule has 0 spiro atoms. The van der Waals surface area contributed by atoms with Crippen molar-refractivity contribution in [3.63, 3.8) is 0 Å². The topological polar surface area (TPSA) is 63.1 Å². The van der Waals surface area contributed by atoms with Gasteiger partial charge in [-0.3, -0.25) is 4.79 Å². The Morgan fingerprint density at radius 2 is 1.91 bits per heavy atom. The van der Waals surface area contributed by atoms with Crippen LogP contribution in [0, 0.1) is 0 Å². The third-order valence-electron chi connectivity index (χ3n) is 3.26. The van der Waals surface area contributed by atoms with Gasteiger partial charge in [-0.2, -0.15) is 0 Å². The summed E-state index contributed by atoms with van der Waals surface area (Å²) in [4.78, 5) is 18.8. The van der Waals surface area contributed by atoms with Gasteiger partial charge in [0, 0.05) is 33.0 Å². The van der Waals surface area contributed by atoms with Crippen molar-refractivity contribution in [1.29, 1.82) is 0 Å². The molecule has 0 rings (SSSR count). The first-order chi connectivity index (χ1) is 10.5. The number of likely N-dealkylation sites (N-methyl/N-ethyl adjacent to an activating group) is 1. The van der Waals surface area contributed by atoms with Gasteiger partial charge in [-0.05, 0) is 19.8 Å². The number of hydrogen-bond donors (Lipinski definition) is 1. The van der Waals surface area contributed by atoms with Gasteiger partial charge in [0.25, 0.3) is 0 Å². The second-order valence-corrected chi connectivity index (χ2v) is 6.00. The molecule has 0 saturated carbocycles. The molecule has 0 aliphatic rings. The van der Waals surface area contributed by atoms with E-state index >= 15 is 0 Å². The molecule has 1 amide bonds. The van der Waals surface area contributed by atoms with Crippen molar-refractivity contribution in [2.24, 2.45) is 9.98 Å². The van der Waals surface area contributed by atoms with Crippen molar-refractivity contribution in [2.75, 3.05) is 60.0 Å². The molecule has 22 heavy (non-hydrogen) atoms. The molecule has 128 valence electrons. The van der Waals surface area contributed by atoms with Gasteiger partial charge >= 0.3 is 0 Å². The highest BCUT2D eigenvalue weighted by Crippen LogP contribution is 2.00. The third kappa shape index (κ3) is 15.2. The zero-order valence-corrected chi connectivity index (χ0v) is 14.7. The van der Waals surface area contributed by atoms with E-state index in [0.717, 1.165) is 69.7 Å². The maximum Gasteiger partial charge on any atom is 0.216 e. The van der Waals surface area contributed by atoms with Gasteiger partial charge < -0.3 is 14.5 Å². The second-order valence-electron chi connectivity index (χ2n) is 6.00. The van der Waals surface area contributed by atoms with Gasteiger partial charge in [0.15, 0.2) is 0 Å². The van der Waals surface area contributed by atoms with Gasteiger partial charge in [0.2, 0.25) is 5.91 Å². The van der Waals surface area contributed by atoms with Crippen molar-refractivity contribution in [2.45, 2.75) is 33.1 Å². The van der Waals surface area contributed by atoms with Crippen LogP contribution in [0.15, 0.2) is 9.98 Å². The summed E-state index contributed by atoms with van der Waals surface area (Å²) >= 11 is 0. The molecule has 1 N–H and O–H groups in total. The van der Waals surface area contributed by atoms with Gasteiger partial charge in [-0.1, -0.05) is 0 Å². The monoisotopic (exact) mass is 313 g/mol. The lowest BCUT2D eigenvalue weighted by molar-refractivity contribution is -0.890. The highest BCUT2D eigenvalue weighted by molar-refractivity contribution is 5.72. The summed E-state index contributed by atoms with van der Waals surface area (Å²) in [6.45, 7) is 9.39. The van der Waals surface area contributed by atoms with E-state index in [4.69, 9.17) is 4.74 Å². The van der Waals surface area contributed by atoms with E-state index in [9.17, 15) is 4.79 Å². The minimum absolute atomic E-state index is 0.0327. The van der Waals surface area contributed by atoms with Gasteiger partial charge in [0.05, 0.1) is 39.8 Å².